The summed E-state index contributed by atoms with van der Waals surface area (Å²) in [6, 6.07) is 12.8. The van der Waals surface area contributed by atoms with Gasteiger partial charge in [0.25, 0.3) is 0 Å². The Balaban J connectivity index is 2.05. The van der Waals surface area contributed by atoms with Gasteiger partial charge in [-0.1, -0.05) is 43.1 Å². The van der Waals surface area contributed by atoms with Gasteiger partial charge in [0.15, 0.2) is 5.82 Å². The van der Waals surface area contributed by atoms with Crippen molar-refractivity contribution in [1.82, 2.24) is 14.8 Å². The van der Waals surface area contributed by atoms with E-state index in [-0.39, 0.29) is 17.8 Å². The molecule has 3 aromatic rings. The lowest BCUT2D eigenvalue weighted by Crippen LogP contribution is -2.17. The third-order valence-electron chi connectivity index (χ3n) is 3.83. The van der Waals surface area contributed by atoms with Crippen molar-refractivity contribution in [2.24, 2.45) is 5.92 Å². The molecule has 0 fully saturated rings. The average molecular weight is 405 g/mol. The van der Waals surface area contributed by atoms with Crippen LogP contribution in [0.4, 0.5) is 5.69 Å². The maximum atomic E-state index is 12.0. The molecule has 2 aromatic carbocycles. The van der Waals surface area contributed by atoms with Crippen LogP contribution in [-0.4, -0.2) is 27.8 Å². The second-order valence-electron chi connectivity index (χ2n) is 6.16. The fourth-order valence-corrected chi connectivity index (χ4v) is 2.68. The fourth-order valence-electron chi connectivity index (χ4n) is 2.38. The van der Waals surface area contributed by atoms with Gasteiger partial charge in [-0.25, -0.2) is 4.68 Å². The van der Waals surface area contributed by atoms with E-state index < -0.39 is 0 Å². The van der Waals surface area contributed by atoms with Crippen molar-refractivity contribution >= 4 is 34.8 Å². The third kappa shape index (κ3) is 4.23. The topological polar surface area (TPSA) is 69.0 Å². The Hall–Kier alpha value is -2.57. The maximum Gasteiger partial charge on any atom is 0.336 e. The van der Waals surface area contributed by atoms with Gasteiger partial charge < -0.3 is 10.1 Å². The molecule has 0 aliphatic rings. The molecule has 0 atom stereocenters. The molecular formula is C19H18Cl2N4O2. The van der Waals surface area contributed by atoms with Crippen LogP contribution < -0.4 is 10.1 Å². The monoisotopic (exact) mass is 404 g/mol. The number of rotatable bonds is 5. The molecule has 3 rings (SSSR count). The van der Waals surface area contributed by atoms with Crippen molar-refractivity contribution < 1.29 is 9.53 Å². The number of ether oxygens (including phenoxy) is 1. The van der Waals surface area contributed by atoms with Gasteiger partial charge in [0, 0.05) is 17.2 Å². The molecule has 0 unspecified atom stereocenters. The minimum atomic E-state index is -0.119. The molecule has 0 saturated carbocycles. The van der Waals surface area contributed by atoms with E-state index in [1.54, 1.807) is 22.9 Å². The van der Waals surface area contributed by atoms with Crippen LogP contribution >= 0.6 is 23.2 Å². The first kappa shape index (κ1) is 19.2. The number of aromatic nitrogens is 3. The smallest absolute Gasteiger partial charge is 0.336 e. The van der Waals surface area contributed by atoms with Crippen molar-refractivity contribution in [2.75, 3.05) is 12.4 Å². The van der Waals surface area contributed by atoms with Crippen molar-refractivity contribution in [3.8, 4) is 23.1 Å². The second-order valence-corrected chi connectivity index (χ2v) is 6.97. The number of amides is 1. The molecular weight excluding hydrogens is 387 g/mol. The van der Waals surface area contributed by atoms with Crippen LogP contribution in [0.15, 0.2) is 42.5 Å². The molecule has 1 amide bonds. The van der Waals surface area contributed by atoms with E-state index >= 15 is 0 Å². The summed E-state index contributed by atoms with van der Waals surface area (Å²) >= 11 is 12.2. The highest BCUT2D eigenvalue weighted by molar-refractivity contribution is 6.42. The summed E-state index contributed by atoms with van der Waals surface area (Å²) in [7, 11) is 1.50. The maximum absolute atomic E-state index is 12.0. The summed E-state index contributed by atoms with van der Waals surface area (Å²) in [6.07, 6.45) is 0. The molecule has 0 radical (unpaired) electrons. The molecule has 1 N–H and O–H groups in total. The van der Waals surface area contributed by atoms with Gasteiger partial charge >= 0.3 is 6.01 Å². The van der Waals surface area contributed by atoms with E-state index in [2.05, 4.69) is 15.4 Å². The lowest BCUT2D eigenvalue weighted by atomic mass is 10.2. The number of carbonyl (C=O) groups excluding carboxylic acids is 1. The summed E-state index contributed by atoms with van der Waals surface area (Å²) in [6.45, 7) is 3.67. The van der Waals surface area contributed by atoms with E-state index in [9.17, 15) is 4.79 Å². The Morgan fingerprint density at radius 2 is 1.93 bits per heavy atom. The van der Waals surface area contributed by atoms with Crippen LogP contribution in [0.5, 0.6) is 6.01 Å². The van der Waals surface area contributed by atoms with Crippen LogP contribution in [0.1, 0.15) is 13.8 Å². The standard InChI is InChI=1S/C19H18Cl2N4O2/c1-11(2)18(26)22-13-5-4-6-14(10-13)25-17(23-19(24-25)27-3)12-7-8-15(20)16(21)9-12/h4-11H,1-3H3,(H,22,26). The highest BCUT2D eigenvalue weighted by Gasteiger charge is 2.16. The molecule has 8 heteroatoms. The molecule has 6 nitrogen and oxygen atoms in total. The van der Waals surface area contributed by atoms with Gasteiger partial charge in [0.2, 0.25) is 5.91 Å². The number of hydrogen-bond acceptors (Lipinski definition) is 4. The normalized spacial score (nSPS) is 10.9. The van der Waals surface area contributed by atoms with E-state index in [1.165, 1.54) is 7.11 Å². The van der Waals surface area contributed by atoms with Crippen LogP contribution in [-0.2, 0) is 4.79 Å². The number of benzene rings is 2. The summed E-state index contributed by atoms with van der Waals surface area (Å²) < 4.78 is 6.82. The fraction of sp³-hybridized carbons (Fsp3) is 0.211. The van der Waals surface area contributed by atoms with Gasteiger partial charge in [0.05, 0.1) is 22.8 Å². The van der Waals surface area contributed by atoms with Gasteiger partial charge in [0.1, 0.15) is 0 Å². The van der Waals surface area contributed by atoms with Gasteiger partial charge in [-0.3, -0.25) is 4.79 Å². The molecule has 1 aromatic heterocycles. The quantitative estimate of drug-likeness (QED) is 0.659. The van der Waals surface area contributed by atoms with Crippen LogP contribution in [0, 0.1) is 5.92 Å². The van der Waals surface area contributed by atoms with E-state index in [0.717, 1.165) is 5.56 Å². The van der Waals surface area contributed by atoms with Crippen LogP contribution in [0.25, 0.3) is 17.1 Å². The van der Waals surface area contributed by atoms with Crippen LogP contribution in [0.3, 0.4) is 0 Å². The first-order valence-electron chi connectivity index (χ1n) is 8.27. The number of anilines is 1. The van der Waals surface area contributed by atoms with Crippen LogP contribution in [0.2, 0.25) is 10.0 Å². The number of nitrogens with zero attached hydrogens (tertiary/aromatic N) is 3. The zero-order chi connectivity index (χ0) is 19.6. The molecule has 0 bridgehead atoms. The molecule has 27 heavy (non-hydrogen) atoms. The predicted octanol–water partition coefficient (Wildman–Crippen LogP) is 4.84. The predicted molar refractivity (Wildman–Crippen MR) is 107 cm³/mol. The molecule has 140 valence electrons. The second kappa shape index (κ2) is 7.98. The number of methoxy groups -OCH3 is 1. The van der Waals surface area contributed by atoms with E-state index in [1.807, 2.05) is 38.1 Å². The van der Waals surface area contributed by atoms with Crippen molar-refractivity contribution in [2.45, 2.75) is 13.8 Å². The van der Waals surface area contributed by atoms with Crippen molar-refractivity contribution in [3.05, 3.63) is 52.5 Å². The van der Waals surface area contributed by atoms with Gasteiger partial charge in [-0.2, -0.15) is 4.98 Å². The lowest BCUT2D eigenvalue weighted by Gasteiger charge is -2.11. The van der Waals surface area contributed by atoms with Crippen molar-refractivity contribution in [3.63, 3.8) is 0 Å². The van der Waals surface area contributed by atoms with E-state index in [4.69, 9.17) is 27.9 Å². The summed E-state index contributed by atoms with van der Waals surface area (Å²) in [5.41, 5.74) is 2.12. The Morgan fingerprint density at radius 1 is 1.15 bits per heavy atom. The molecule has 0 saturated heterocycles. The van der Waals surface area contributed by atoms with E-state index in [0.29, 0.717) is 27.2 Å². The largest absolute Gasteiger partial charge is 0.466 e. The highest BCUT2D eigenvalue weighted by atomic mass is 35.5. The Kier molecular flexibility index (Phi) is 5.68. The number of hydrogen-bond donors (Lipinski definition) is 1. The third-order valence-corrected chi connectivity index (χ3v) is 4.57. The first-order chi connectivity index (χ1) is 12.9. The Bertz CT molecular complexity index is 986. The zero-order valence-corrected chi connectivity index (χ0v) is 16.5. The number of nitrogens with one attached hydrogen (secondary N) is 1. The first-order valence-corrected chi connectivity index (χ1v) is 9.02. The lowest BCUT2D eigenvalue weighted by molar-refractivity contribution is -0.118. The molecule has 0 spiro atoms. The van der Waals surface area contributed by atoms with Gasteiger partial charge in [-0.05, 0) is 36.4 Å². The minimum absolute atomic E-state index is 0.0620. The number of halogens is 2. The average Bonchev–Trinajstić information content (AvgIpc) is 3.08. The van der Waals surface area contributed by atoms with Gasteiger partial charge in [-0.15, -0.1) is 5.10 Å². The Morgan fingerprint density at radius 3 is 2.59 bits per heavy atom. The number of carbonyl (C=O) groups is 1. The summed E-state index contributed by atoms with van der Waals surface area (Å²) in [5, 5.41) is 8.13. The molecule has 1 heterocycles. The summed E-state index contributed by atoms with van der Waals surface area (Å²) in [4.78, 5) is 16.4. The summed E-state index contributed by atoms with van der Waals surface area (Å²) in [5.74, 6) is 0.359. The zero-order valence-electron chi connectivity index (χ0n) is 15.0. The highest BCUT2D eigenvalue weighted by Crippen LogP contribution is 2.30. The SMILES string of the molecule is COc1nc(-c2ccc(Cl)c(Cl)c2)n(-c2cccc(NC(=O)C(C)C)c2)n1. The van der Waals surface area contributed by atoms with Crippen molar-refractivity contribution in [1.29, 1.82) is 0 Å². The molecule has 0 aliphatic heterocycles. The Labute approximate surface area is 167 Å². The molecule has 0 aliphatic carbocycles. The minimum Gasteiger partial charge on any atom is -0.466 e.